The second-order valence-corrected chi connectivity index (χ2v) is 11.7. The average Bonchev–Trinajstić information content (AvgIpc) is 2.95. The maximum Gasteiger partial charge on any atom is 0.194 e. The summed E-state index contributed by atoms with van der Waals surface area (Å²) in [5.41, 5.74) is 1.12. The van der Waals surface area contributed by atoms with Crippen LogP contribution in [0.1, 0.15) is 52.2 Å². The molecule has 0 aromatic carbocycles. The Hall–Kier alpha value is -0.420. The van der Waals surface area contributed by atoms with Gasteiger partial charge in [-0.2, -0.15) is 0 Å². The number of aromatic nitrogens is 1. The summed E-state index contributed by atoms with van der Waals surface area (Å²) in [5, 5.41) is 6.35. The van der Waals surface area contributed by atoms with Gasteiger partial charge in [0.2, 0.25) is 0 Å². The Kier molecular flexibility index (Phi) is 7.93. The van der Waals surface area contributed by atoms with Gasteiger partial charge in [0.05, 0.1) is 22.7 Å². The smallest absolute Gasteiger partial charge is 0.194 e. The molecule has 2 heterocycles. The molecule has 1 N–H and O–H groups in total. The summed E-state index contributed by atoms with van der Waals surface area (Å²) in [6.07, 6.45) is 0. The van der Waals surface area contributed by atoms with Gasteiger partial charge >= 0.3 is 0 Å². The van der Waals surface area contributed by atoms with Crippen LogP contribution in [0.15, 0.2) is 10.4 Å². The van der Waals surface area contributed by atoms with Crippen LogP contribution in [-0.4, -0.2) is 54.4 Å². The number of hydrogen-bond donors (Lipinski definition) is 1. The van der Waals surface area contributed by atoms with Gasteiger partial charge in [0, 0.05) is 30.4 Å². The fourth-order valence-electron chi connectivity index (χ4n) is 2.62. The van der Waals surface area contributed by atoms with Crippen molar-refractivity contribution >= 4 is 51.1 Å². The van der Waals surface area contributed by atoms with Gasteiger partial charge in [0.25, 0.3) is 0 Å². The normalized spacial score (nSPS) is 19.8. The standard InChI is InChI=1S/C17H30N4O2S2.HI/c1-7-18-15(21-8-9-25(22,23)17(5,6)12-21)19-10-14-20-13(11-24-14)16(2,3)4;/h11H,7-10,12H2,1-6H3,(H,18,19);1H. The lowest BCUT2D eigenvalue weighted by Gasteiger charge is -2.39. The molecule has 1 aliphatic rings. The summed E-state index contributed by atoms with van der Waals surface area (Å²) in [6.45, 7) is 14.2. The average molecular weight is 514 g/mol. The second-order valence-electron chi connectivity index (χ2n) is 8.05. The van der Waals surface area contributed by atoms with Gasteiger partial charge in [-0.1, -0.05) is 20.8 Å². The minimum absolute atomic E-state index is 0. The molecule has 0 atom stereocenters. The predicted octanol–water partition coefficient (Wildman–Crippen LogP) is 3.03. The number of hydrogen-bond acceptors (Lipinski definition) is 5. The number of thiazole rings is 1. The lowest BCUT2D eigenvalue weighted by Crippen LogP contribution is -2.57. The van der Waals surface area contributed by atoms with Crippen molar-refractivity contribution in [2.45, 2.75) is 58.2 Å². The summed E-state index contributed by atoms with van der Waals surface area (Å²) < 4.78 is 23.7. The van der Waals surface area contributed by atoms with Gasteiger partial charge in [0.1, 0.15) is 5.01 Å². The van der Waals surface area contributed by atoms with E-state index in [1.165, 1.54) is 0 Å². The van der Waals surface area contributed by atoms with Gasteiger partial charge in [-0.3, -0.25) is 0 Å². The second kappa shape index (κ2) is 8.72. The third kappa shape index (κ3) is 5.54. The number of nitrogens with one attached hydrogen (secondary N) is 1. The number of guanidine groups is 1. The molecule has 2 rings (SSSR count). The Morgan fingerprint density at radius 3 is 2.58 bits per heavy atom. The summed E-state index contributed by atoms with van der Waals surface area (Å²) in [6, 6.07) is 0. The number of rotatable bonds is 3. The lowest BCUT2D eigenvalue weighted by molar-refractivity contribution is 0.353. The Bertz CT molecular complexity index is 736. The van der Waals surface area contributed by atoms with E-state index in [0.717, 1.165) is 23.2 Å². The molecule has 9 heteroatoms. The van der Waals surface area contributed by atoms with Gasteiger partial charge in [-0.25, -0.2) is 18.4 Å². The van der Waals surface area contributed by atoms with Crippen molar-refractivity contribution in [1.29, 1.82) is 0 Å². The third-order valence-corrected chi connectivity index (χ3v) is 7.73. The van der Waals surface area contributed by atoms with Crippen LogP contribution in [0.4, 0.5) is 0 Å². The minimum atomic E-state index is -3.06. The molecule has 0 amide bonds. The van der Waals surface area contributed by atoms with Crippen LogP contribution >= 0.6 is 35.3 Å². The zero-order valence-corrected chi connectivity index (χ0v) is 20.5. The fraction of sp³-hybridized carbons (Fsp3) is 0.765. The lowest BCUT2D eigenvalue weighted by atomic mass is 9.93. The molecule has 0 bridgehead atoms. The molecular formula is C17H31IN4O2S2. The van der Waals surface area contributed by atoms with E-state index >= 15 is 0 Å². The van der Waals surface area contributed by atoms with Gasteiger partial charge in [0.15, 0.2) is 15.8 Å². The third-order valence-electron chi connectivity index (χ3n) is 4.36. The first-order valence-electron chi connectivity index (χ1n) is 8.67. The van der Waals surface area contributed by atoms with E-state index < -0.39 is 14.6 Å². The predicted molar refractivity (Wildman–Crippen MR) is 120 cm³/mol. The maximum atomic E-state index is 12.2. The first-order chi connectivity index (χ1) is 11.5. The van der Waals surface area contributed by atoms with E-state index in [9.17, 15) is 8.42 Å². The Morgan fingerprint density at radius 1 is 1.42 bits per heavy atom. The Morgan fingerprint density at radius 2 is 2.08 bits per heavy atom. The van der Waals surface area contributed by atoms with Crippen LogP contribution < -0.4 is 5.32 Å². The van der Waals surface area contributed by atoms with Crippen molar-refractivity contribution in [3.63, 3.8) is 0 Å². The molecular weight excluding hydrogens is 483 g/mol. The molecule has 1 aromatic heterocycles. The number of sulfone groups is 1. The van der Waals surface area contributed by atoms with Gasteiger partial charge in [-0.05, 0) is 20.8 Å². The molecule has 1 aromatic rings. The van der Waals surface area contributed by atoms with E-state index in [1.54, 1.807) is 25.2 Å². The maximum absolute atomic E-state index is 12.2. The van der Waals surface area contributed by atoms with Crippen LogP contribution in [0.25, 0.3) is 0 Å². The van der Waals surface area contributed by atoms with E-state index in [-0.39, 0.29) is 35.1 Å². The summed E-state index contributed by atoms with van der Waals surface area (Å²) in [5.74, 6) is 0.925. The molecule has 0 unspecified atom stereocenters. The quantitative estimate of drug-likeness (QED) is 0.382. The molecule has 1 saturated heterocycles. The highest BCUT2D eigenvalue weighted by Gasteiger charge is 2.40. The number of aliphatic imine (C=N–C) groups is 1. The van der Waals surface area contributed by atoms with Crippen LogP contribution in [0.5, 0.6) is 0 Å². The Labute approximate surface area is 178 Å². The summed E-state index contributed by atoms with van der Waals surface area (Å²) >= 11 is 1.62. The zero-order valence-electron chi connectivity index (χ0n) is 16.5. The van der Waals surface area contributed by atoms with Gasteiger partial charge < -0.3 is 10.2 Å². The topological polar surface area (TPSA) is 74.7 Å². The van der Waals surface area contributed by atoms with Crippen molar-refractivity contribution in [2.24, 2.45) is 4.99 Å². The van der Waals surface area contributed by atoms with Crippen molar-refractivity contribution in [1.82, 2.24) is 15.2 Å². The molecule has 150 valence electrons. The number of nitrogens with zero attached hydrogens (tertiary/aromatic N) is 3. The summed E-state index contributed by atoms with van der Waals surface area (Å²) in [7, 11) is -3.06. The molecule has 0 saturated carbocycles. The van der Waals surface area contributed by atoms with Crippen molar-refractivity contribution in [2.75, 3.05) is 25.4 Å². The molecule has 1 aliphatic heterocycles. The van der Waals surface area contributed by atoms with Crippen molar-refractivity contribution in [3.05, 3.63) is 16.1 Å². The first kappa shape index (κ1) is 23.6. The highest BCUT2D eigenvalue weighted by Crippen LogP contribution is 2.25. The molecule has 26 heavy (non-hydrogen) atoms. The minimum Gasteiger partial charge on any atom is -0.357 e. The molecule has 0 spiro atoms. The number of halogens is 1. The van der Waals surface area contributed by atoms with Gasteiger partial charge in [-0.15, -0.1) is 35.3 Å². The molecule has 0 aliphatic carbocycles. The van der Waals surface area contributed by atoms with E-state index in [2.05, 4.69) is 36.5 Å². The van der Waals surface area contributed by atoms with Crippen LogP contribution in [0, 0.1) is 0 Å². The van der Waals surface area contributed by atoms with Crippen LogP contribution in [-0.2, 0) is 21.8 Å². The van der Waals surface area contributed by atoms with Crippen molar-refractivity contribution < 1.29 is 8.42 Å². The van der Waals surface area contributed by atoms with Crippen LogP contribution in [0.2, 0.25) is 0 Å². The molecule has 0 radical (unpaired) electrons. The molecule has 6 nitrogen and oxygen atoms in total. The zero-order chi connectivity index (χ0) is 18.9. The Balaban J connectivity index is 0.00000338. The monoisotopic (exact) mass is 514 g/mol. The van der Waals surface area contributed by atoms with E-state index in [0.29, 0.717) is 19.6 Å². The molecule has 1 fully saturated rings. The SMILES string of the molecule is CCNC(=NCc1nc(C(C)(C)C)cs1)N1CCS(=O)(=O)C(C)(C)C1.I. The first-order valence-corrected chi connectivity index (χ1v) is 11.2. The highest BCUT2D eigenvalue weighted by atomic mass is 127. The van der Waals surface area contributed by atoms with Crippen molar-refractivity contribution in [3.8, 4) is 0 Å². The highest BCUT2D eigenvalue weighted by molar-refractivity contribution is 14.0. The largest absolute Gasteiger partial charge is 0.357 e. The van der Waals surface area contributed by atoms with E-state index in [1.807, 2.05) is 11.8 Å². The van der Waals surface area contributed by atoms with E-state index in [4.69, 9.17) is 4.99 Å². The fourth-order valence-corrected chi connectivity index (χ4v) is 4.93. The summed E-state index contributed by atoms with van der Waals surface area (Å²) in [4.78, 5) is 11.4. The van der Waals surface area contributed by atoms with Crippen LogP contribution in [0.3, 0.4) is 0 Å².